The zero-order valence-electron chi connectivity index (χ0n) is 13.6. The Bertz CT molecular complexity index is 842. The molecular weight excluding hydrogens is 347 g/mol. The standard InChI is InChI=1S/C21H19PS2/c1-17-11-9-10-16-21(17)18(2)24-22(23,19-12-5-3-6-13-19)20-14-7-4-8-15-20/h3-16H,2H2,1H3. The lowest BCUT2D eigenvalue weighted by Gasteiger charge is -2.24. The molecule has 3 aromatic rings. The van der Waals surface area contributed by atoms with Crippen LogP contribution in [0.4, 0.5) is 0 Å². The van der Waals surface area contributed by atoms with Gasteiger partial charge in [-0.2, -0.15) is 0 Å². The minimum atomic E-state index is -2.02. The Morgan fingerprint density at radius 1 is 0.792 bits per heavy atom. The van der Waals surface area contributed by atoms with Crippen LogP contribution in [0.2, 0.25) is 0 Å². The molecule has 0 saturated carbocycles. The van der Waals surface area contributed by atoms with Gasteiger partial charge in [0.25, 0.3) is 0 Å². The average molecular weight is 366 g/mol. The Morgan fingerprint density at radius 2 is 1.25 bits per heavy atom. The second kappa shape index (κ2) is 7.53. The van der Waals surface area contributed by atoms with Crippen LogP contribution in [0, 0.1) is 6.92 Å². The lowest BCUT2D eigenvalue weighted by atomic mass is 10.1. The van der Waals surface area contributed by atoms with E-state index in [1.54, 1.807) is 11.4 Å². The molecule has 0 fully saturated rings. The van der Waals surface area contributed by atoms with E-state index in [2.05, 4.69) is 86.3 Å². The Labute approximate surface area is 153 Å². The first-order valence-corrected chi connectivity index (χ1v) is 12.0. The molecule has 0 aliphatic heterocycles. The van der Waals surface area contributed by atoms with Gasteiger partial charge in [0.2, 0.25) is 0 Å². The van der Waals surface area contributed by atoms with Crippen molar-refractivity contribution in [1.82, 2.24) is 0 Å². The predicted molar refractivity (Wildman–Crippen MR) is 114 cm³/mol. The highest BCUT2D eigenvalue weighted by molar-refractivity contribution is 8.78. The fraction of sp³-hybridized carbons (Fsp3) is 0.0476. The Hall–Kier alpha value is -1.60. The molecule has 0 aromatic heterocycles. The van der Waals surface area contributed by atoms with Gasteiger partial charge in [0.1, 0.15) is 0 Å². The molecule has 0 unspecified atom stereocenters. The first-order valence-electron chi connectivity index (χ1n) is 7.77. The Kier molecular flexibility index (Phi) is 5.40. The predicted octanol–water partition coefficient (Wildman–Crippen LogP) is 5.74. The number of hydrogen-bond acceptors (Lipinski definition) is 2. The maximum atomic E-state index is 6.27. The topological polar surface area (TPSA) is 0 Å². The average Bonchev–Trinajstić information content (AvgIpc) is 2.63. The third-order valence-electron chi connectivity index (χ3n) is 3.88. The van der Waals surface area contributed by atoms with Crippen LogP contribution in [-0.4, -0.2) is 0 Å². The molecule has 3 aromatic carbocycles. The summed E-state index contributed by atoms with van der Waals surface area (Å²) in [6, 6.07) is 29.3. The summed E-state index contributed by atoms with van der Waals surface area (Å²) >= 11 is 8.02. The van der Waals surface area contributed by atoms with Crippen molar-refractivity contribution in [2.75, 3.05) is 0 Å². The SMILES string of the molecule is C=C(SP(=S)(c1ccccc1)c1ccccc1)c1ccccc1C. The normalized spacial score (nSPS) is 11.2. The lowest BCUT2D eigenvalue weighted by molar-refractivity contribution is 1.44. The molecule has 0 N–H and O–H groups in total. The molecule has 0 atom stereocenters. The van der Waals surface area contributed by atoms with E-state index in [9.17, 15) is 0 Å². The molecule has 24 heavy (non-hydrogen) atoms. The van der Waals surface area contributed by atoms with Crippen LogP contribution < -0.4 is 10.6 Å². The summed E-state index contributed by atoms with van der Waals surface area (Å²) in [4.78, 5) is 1.05. The molecule has 0 aliphatic rings. The van der Waals surface area contributed by atoms with Crippen LogP contribution in [-0.2, 0) is 11.8 Å². The summed E-state index contributed by atoms with van der Waals surface area (Å²) in [5, 5.41) is 0.413. The summed E-state index contributed by atoms with van der Waals surface area (Å²) in [7, 11) is 0. The second-order valence-electron chi connectivity index (χ2n) is 5.55. The molecule has 0 bridgehead atoms. The van der Waals surface area contributed by atoms with E-state index in [0.29, 0.717) is 0 Å². The maximum absolute atomic E-state index is 6.27. The van der Waals surface area contributed by atoms with E-state index < -0.39 is 5.24 Å². The number of aryl methyl sites for hydroxylation is 1. The van der Waals surface area contributed by atoms with Crippen LogP contribution >= 0.6 is 16.6 Å². The summed E-state index contributed by atoms with van der Waals surface area (Å²) in [5.74, 6) is 0. The number of rotatable bonds is 5. The number of hydrogen-bond donors (Lipinski definition) is 0. The van der Waals surface area contributed by atoms with E-state index in [1.165, 1.54) is 21.7 Å². The van der Waals surface area contributed by atoms with Crippen LogP contribution in [0.15, 0.2) is 91.5 Å². The van der Waals surface area contributed by atoms with Gasteiger partial charge in [-0.3, -0.25) is 0 Å². The van der Waals surface area contributed by atoms with Crippen molar-refractivity contribution in [2.24, 2.45) is 0 Å². The highest BCUT2D eigenvalue weighted by atomic mass is 32.9. The second-order valence-corrected chi connectivity index (χ2v) is 12.9. The van der Waals surface area contributed by atoms with Gasteiger partial charge in [-0.25, -0.2) is 0 Å². The molecule has 0 radical (unpaired) electrons. The van der Waals surface area contributed by atoms with Crippen LogP contribution in [0.1, 0.15) is 11.1 Å². The highest BCUT2D eigenvalue weighted by Gasteiger charge is 2.24. The lowest BCUT2D eigenvalue weighted by Crippen LogP contribution is -2.13. The van der Waals surface area contributed by atoms with Gasteiger partial charge in [-0.15, -0.1) is 0 Å². The maximum Gasteiger partial charge on any atom is 0.0659 e. The van der Waals surface area contributed by atoms with Crippen LogP contribution in [0.5, 0.6) is 0 Å². The van der Waals surface area contributed by atoms with E-state index in [-0.39, 0.29) is 0 Å². The van der Waals surface area contributed by atoms with Gasteiger partial charge in [0.05, 0.1) is 5.24 Å². The third kappa shape index (κ3) is 3.57. The van der Waals surface area contributed by atoms with Crippen molar-refractivity contribution in [3.05, 3.63) is 103 Å². The highest BCUT2D eigenvalue weighted by Crippen LogP contribution is 2.61. The molecule has 3 rings (SSSR count). The summed E-state index contributed by atoms with van der Waals surface area (Å²) < 4.78 is 0. The zero-order chi connectivity index (χ0) is 17.0. The van der Waals surface area contributed by atoms with Gasteiger partial charge in [0.15, 0.2) is 0 Å². The van der Waals surface area contributed by atoms with Gasteiger partial charge < -0.3 is 0 Å². The molecule has 0 amide bonds. The van der Waals surface area contributed by atoms with Crippen molar-refractivity contribution in [3.63, 3.8) is 0 Å². The summed E-state index contributed by atoms with van der Waals surface area (Å²) in [5.41, 5.74) is 2.42. The third-order valence-corrected chi connectivity index (χ3v) is 11.2. The van der Waals surface area contributed by atoms with E-state index in [1.807, 2.05) is 12.1 Å². The zero-order valence-corrected chi connectivity index (χ0v) is 16.1. The van der Waals surface area contributed by atoms with Crippen molar-refractivity contribution in [2.45, 2.75) is 6.92 Å². The van der Waals surface area contributed by atoms with Crippen molar-refractivity contribution in [3.8, 4) is 0 Å². The first-order chi connectivity index (χ1) is 11.6. The van der Waals surface area contributed by atoms with Gasteiger partial charge in [-0.1, -0.05) is 115 Å². The van der Waals surface area contributed by atoms with Gasteiger partial charge >= 0.3 is 0 Å². The van der Waals surface area contributed by atoms with Crippen molar-refractivity contribution in [1.29, 1.82) is 0 Å². The molecule has 0 aliphatic carbocycles. The van der Waals surface area contributed by atoms with Crippen LogP contribution in [0.3, 0.4) is 0 Å². The molecule has 0 spiro atoms. The molecule has 0 saturated heterocycles. The van der Waals surface area contributed by atoms with Gasteiger partial charge in [0, 0.05) is 4.91 Å². The summed E-state index contributed by atoms with van der Waals surface area (Å²) in [6.45, 7) is 6.47. The molecule has 0 heterocycles. The minimum absolute atomic E-state index is 1.05. The van der Waals surface area contributed by atoms with E-state index in [0.717, 1.165) is 4.91 Å². The first kappa shape index (κ1) is 17.2. The summed E-state index contributed by atoms with van der Waals surface area (Å²) in [6.07, 6.45) is 0. The van der Waals surface area contributed by atoms with Crippen molar-refractivity contribution < 1.29 is 0 Å². The molecule has 3 heteroatoms. The largest absolute Gasteiger partial charge is 0.0843 e. The molecule has 120 valence electrons. The van der Waals surface area contributed by atoms with Crippen LogP contribution in [0.25, 0.3) is 4.91 Å². The fourth-order valence-corrected chi connectivity index (χ4v) is 9.00. The molecular formula is C21H19PS2. The van der Waals surface area contributed by atoms with Crippen molar-refractivity contribution >= 4 is 43.9 Å². The Morgan fingerprint density at radius 3 is 1.75 bits per heavy atom. The smallest absolute Gasteiger partial charge is 0.0659 e. The minimum Gasteiger partial charge on any atom is -0.0843 e. The van der Waals surface area contributed by atoms with E-state index >= 15 is 0 Å². The fourth-order valence-electron chi connectivity index (χ4n) is 2.59. The quantitative estimate of drug-likeness (QED) is 0.528. The number of benzene rings is 3. The molecule has 0 nitrogen and oxygen atoms in total. The Balaban J connectivity index is 2.06. The van der Waals surface area contributed by atoms with Gasteiger partial charge in [-0.05, 0) is 28.7 Å². The van der Waals surface area contributed by atoms with E-state index in [4.69, 9.17) is 11.8 Å². The monoisotopic (exact) mass is 366 g/mol.